The minimum atomic E-state index is -1.03. The van der Waals surface area contributed by atoms with Gasteiger partial charge in [-0.15, -0.1) is 11.3 Å². The molecule has 1 unspecified atom stereocenters. The van der Waals surface area contributed by atoms with E-state index in [-0.39, 0.29) is 0 Å². The van der Waals surface area contributed by atoms with Crippen molar-refractivity contribution in [2.45, 2.75) is 32.0 Å². The Hall–Kier alpha value is -0.0900. The maximum atomic E-state index is 10.4. The summed E-state index contributed by atoms with van der Waals surface area (Å²) in [5.41, 5.74) is -1.67. The molecule has 0 aliphatic rings. The lowest BCUT2D eigenvalue weighted by Gasteiger charge is -2.38. The number of hydrogen-bond donors (Lipinski definition) is 1. The second-order valence-electron chi connectivity index (χ2n) is 3.89. The number of ether oxygens (including phenoxy) is 1. The molecular formula is C10H15ClO2S. The maximum Gasteiger partial charge on any atom is 0.124 e. The molecule has 0 spiro atoms. The van der Waals surface area contributed by atoms with E-state index in [0.717, 1.165) is 4.88 Å². The van der Waals surface area contributed by atoms with Gasteiger partial charge >= 0.3 is 0 Å². The highest BCUT2D eigenvalue weighted by Gasteiger charge is 2.42. The van der Waals surface area contributed by atoms with Gasteiger partial charge in [0.1, 0.15) is 5.60 Å². The van der Waals surface area contributed by atoms with Crippen molar-refractivity contribution in [1.82, 2.24) is 0 Å². The first-order chi connectivity index (χ1) is 6.31. The lowest BCUT2D eigenvalue weighted by atomic mass is 9.86. The Kier molecular flexibility index (Phi) is 3.26. The second-order valence-corrected chi connectivity index (χ2v) is 5.61. The van der Waals surface area contributed by atoms with Crippen molar-refractivity contribution in [3.63, 3.8) is 0 Å². The van der Waals surface area contributed by atoms with Crippen LogP contribution in [0.4, 0.5) is 0 Å². The quantitative estimate of drug-likeness (QED) is 0.871. The van der Waals surface area contributed by atoms with Gasteiger partial charge in [0.15, 0.2) is 0 Å². The summed E-state index contributed by atoms with van der Waals surface area (Å²) in [7, 11) is 1.59. The summed E-state index contributed by atoms with van der Waals surface area (Å²) in [5.74, 6) is 0. The van der Waals surface area contributed by atoms with Gasteiger partial charge in [0.2, 0.25) is 0 Å². The van der Waals surface area contributed by atoms with E-state index in [1.54, 1.807) is 20.1 Å². The van der Waals surface area contributed by atoms with Gasteiger partial charge in [-0.3, -0.25) is 0 Å². The van der Waals surface area contributed by atoms with E-state index in [1.807, 2.05) is 19.9 Å². The first-order valence-electron chi connectivity index (χ1n) is 4.34. The van der Waals surface area contributed by atoms with Crippen LogP contribution >= 0.6 is 22.9 Å². The summed E-state index contributed by atoms with van der Waals surface area (Å²) < 4.78 is 5.95. The Morgan fingerprint density at radius 3 is 2.29 bits per heavy atom. The molecule has 2 nitrogen and oxygen atoms in total. The fourth-order valence-electron chi connectivity index (χ4n) is 1.07. The SMILES string of the molecule is COC(C)(C)C(C)(O)c1ccc(Cl)s1. The van der Waals surface area contributed by atoms with Gasteiger partial charge in [-0.25, -0.2) is 0 Å². The Balaban J connectivity index is 3.07. The predicted molar refractivity (Wildman–Crippen MR) is 60.0 cm³/mol. The average molecular weight is 235 g/mol. The van der Waals surface area contributed by atoms with Gasteiger partial charge in [0.05, 0.1) is 9.94 Å². The molecule has 4 heteroatoms. The van der Waals surface area contributed by atoms with E-state index in [4.69, 9.17) is 16.3 Å². The lowest BCUT2D eigenvalue weighted by Crippen LogP contribution is -2.45. The molecule has 1 rings (SSSR count). The van der Waals surface area contributed by atoms with Gasteiger partial charge < -0.3 is 9.84 Å². The van der Waals surface area contributed by atoms with Crippen LogP contribution in [0.1, 0.15) is 25.6 Å². The van der Waals surface area contributed by atoms with Crippen LogP contribution in [0, 0.1) is 0 Å². The minimum absolute atomic E-state index is 0.638. The third-order valence-corrected chi connectivity index (χ3v) is 4.18. The van der Waals surface area contributed by atoms with Crippen molar-refractivity contribution in [3.8, 4) is 0 Å². The second kappa shape index (κ2) is 3.81. The predicted octanol–water partition coefficient (Wildman–Crippen LogP) is 3.03. The number of methoxy groups -OCH3 is 1. The van der Waals surface area contributed by atoms with Gasteiger partial charge in [-0.1, -0.05) is 11.6 Å². The summed E-state index contributed by atoms with van der Waals surface area (Å²) >= 11 is 7.20. The van der Waals surface area contributed by atoms with E-state index in [1.165, 1.54) is 11.3 Å². The van der Waals surface area contributed by atoms with Gasteiger partial charge in [-0.05, 0) is 32.9 Å². The van der Waals surface area contributed by atoms with Crippen LogP contribution in [0.5, 0.6) is 0 Å². The minimum Gasteiger partial charge on any atom is -0.382 e. The standard InChI is InChI=1S/C10H15ClO2S/c1-9(2,13-4)10(3,12)7-5-6-8(11)14-7/h5-6,12H,1-4H3. The zero-order valence-corrected chi connectivity index (χ0v) is 10.4. The molecule has 1 heterocycles. The molecule has 80 valence electrons. The van der Waals surface area contributed by atoms with Crippen LogP contribution in [0.15, 0.2) is 12.1 Å². The molecule has 0 amide bonds. The monoisotopic (exact) mass is 234 g/mol. The van der Waals surface area contributed by atoms with Crippen LogP contribution in [-0.4, -0.2) is 17.8 Å². The molecule has 1 N–H and O–H groups in total. The molecule has 0 bridgehead atoms. The van der Waals surface area contributed by atoms with Crippen molar-refractivity contribution in [1.29, 1.82) is 0 Å². The number of aliphatic hydroxyl groups is 1. The number of hydrogen-bond acceptors (Lipinski definition) is 3. The molecule has 0 fully saturated rings. The lowest BCUT2D eigenvalue weighted by molar-refractivity contribution is -0.143. The summed E-state index contributed by atoms with van der Waals surface area (Å²) in [4.78, 5) is 0.814. The Bertz CT molecular complexity index is 318. The Labute approximate surface area is 93.5 Å². The smallest absolute Gasteiger partial charge is 0.124 e. The van der Waals surface area contributed by atoms with Crippen LogP contribution in [0.25, 0.3) is 0 Å². The zero-order valence-electron chi connectivity index (χ0n) is 8.80. The first kappa shape index (κ1) is 12.0. The largest absolute Gasteiger partial charge is 0.382 e. The zero-order chi connectivity index (χ0) is 11.0. The molecule has 0 aromatic carbocycles. The van der Waals surface area contributed by atoms with Crippen LogP contribution in [-0.2, 0) is 10.3 Å². The fourth-order valence-corrected chi connectivity index (χ4v) is 2.31. The molecule has 1 aromatic rings. The van der Waals surface area contributed by atoms with Gasteiger partial charge in [0.25, 0.3) is 0 Å². The summed E-state index contributed by atoms with van der Waals surface area (Å²) in [5, 5.41) is 10.4. The van der Waals surface area contributed by atoms with Gasteiger partial charge in [0, 0.05) is 12.0 Å². The van der Waals surface area contributed by atoms with Crippen LogP contribution < -0.4 is 0 Å². The van der Waals surface area contributed by atoms with Gasteiger partial charge in [-0.2, -0.15) is 0 Å². The molecule has 0 saturated carbocycles. The van der Waals surface area contributed by atoms with Crippen molar-refractivity contribution >= 4 is 22.9 Å². The summed E-state index contributed by atoms with van der Waals surface area (Å²) in [6.45, 7) is 5.43. The maximum absolute atomic E-state index is 10.4. The van der Waals surface area contributed by atoms with E-state index in [0.29, 0.717) is 4.34 Å². The highest BCUT2D eigenvalue weighted by Crippen LogP contribution is 2.39. The number of halogens is 1. The molecule has 1 atom stereocenters. The fraction of sp³-hybridized carbons (Fsp3) is 0.600. The molecule has 0 radical (unpaired) electrons. The Morgan fingerprint density at radius 1 is 1.36 bits per heavy atom. The third-order valence-electron chi connectivity index (χ3n) is 2.74. The topological polar surface area (TPSA) is 29.5 Å². The van der Waals surface area contributed by atoms with Crippen LogP contribution in [0.2, 0.25) is 4.34 Å². The van der Waals surface area contributed by atoms with E-state index in [9.17, 15) is 5.11 Å². The molecular weight excluding hydrogens is 220 g/mol. The summed E-state index contributed by atoms with van der Waals surface area (Å²) in [6, 6.07) is 3.61. The highest BCUT2D eigenvalue weighted by molar-refractivity contribution is 7.16. The molecule has 0 saturated heterocycles. The van der Waals surface area contributed by atoms with Crippen LogP contribution in [0.3, 0.4) is 0 Å². The molecule has 14 heavy (non-hydrogen) atoms. The number of rotatable bonds is 3. The molecule has 0 aliphatic heterocycles. The number of thiophene rings is 1. The molecule has 0 aliphatic carbocycles. The van der Waals surface area contributed by atoms with Crippen molar-refractivity contribution in [2.75, 3.05) is 7.11 Å². The normalized spacial score (nSPS) is 16.7. The van der Waals surface area contributed by atoms with Crippen molar-refractivity contribution in [3.05, 3.63) is 21.3 Å². The third kappa shape index (κ3) is 1.96. The first-order valence-corrected chi connectivity index (χ1v) is 5.54. The van der Waals surface area contributed by atoms with Crippen molar-refractivity contribution in [2.24, 2.45) is 0 Å². The van der Waals surface area contributed by atoms with Crippen molar-refractivity contribution < 1.29 is 9.84 Å². The average Bonchev–Trinajstić information content (AvgIpc) is 2.52. The van der Waals surface area contributed by atoms with E-state index in [2.05, 4.69) is 0 Å². The highest BCUT2D eigenvalue weighted by atomic mass is 35.5. The van der Waals surface area contributed by atoms with E-state index < -0.39 is 11.2 Å². The summed E-state index contributed by atoms with van der Waals surface area (Å²) in [6.07, 6.45) is 0. The Morgan fingerprint density at radius 2 is 1.93 bits per heavy atom. The molecule has 1 aromatic heterocycles. The van der Waals surface area contributed by atoms with E-state index >= 15 is 0 Å².